The van der Waals surface area contributed by atoms with Crippen LogP contribution in [0.5, 0.6) is 0 Å². The number of amides is 1. The Morgan fingerprint density at radius 2 is 1.93 bits per heavy atom. The molecule has 0 N–H and O–H groups in total. The monoisotopic (exact) mass is 380 g/mol. The minimum Gasteiger partial charge on any atom is -0.441 e. The number of halogens is 1. The van der Waals surface area contributed by atoms with Gasteiger partial charge in [-0.2, -0.15) is 0 Å². The van der Waals surface area contributed by atoms with Crippen LogP contribution in [-0.2, 0) is 16.0 Å². The predicted molar refractivity (Wildman–Crippen MR) is 102 cm³/mol. The fourth-order valence-electron chi connectivity index (χ4n) is 3.33. The lowest BCUT2D eigenvalue weighted by Crippen LogP contribution is -2.42. The molecular formula is C22H21FN2O3. The Bertz CT molecular complexity index is 942. The molecule has 3 aromatic rings. The average Bonchev–Trinajstić information content (AvgIpc) is 3.22. The van der Waals surface area contributed by atoms with Crippen LogP contribution in [0, 0.1) is 5.82 Å². The molecule has 1 fully saturated rings. The summed E-state index contributed by atoms with van der Waals surface area (Å²) < 4.78 is 25.3. The lowest BCUT2D eigenvalue weighted by Gasteiger charge is -2.33. The largest absolute Gasteiger partial charge is 0.441 e. The van der Waals surface area contributed by atoms with Crippen molar-refractivity contribution in [1.29, 1.82) is 0 Å². The number of rotatable bonds is 5. The molecule has 0 saturated carbocycles. The van der Waals surface area contributed by atoms with E-state index in [9.17, 15) is 9.18 Å². The van der Waals surface area contributed by atoms with Crippen LogP contribution in [0.1, 0.15) is 24.0 Å². The van der Waals surface area contributed by atoms with Gasteiger partial charge in [0.25, 0.3) is 0 Å². The number of benzene rings is 2. The molecule has 1 aliphatic heterocycles. The van der Waals surface area contributed by atoms with E-state index in [-0.39, 0.29) is 17.8 Å². The van der Waals surface area contributed by atoms with Gasteiger partial charge >= 0.3 is 0 Å². The van der Waals surface area contributed by atoms with Gasteiger partial charge in [0.1, 0.15) is 11.9 Å². The van der Waals surface area contributed by atoms with Gasteiger partial charge in [0.05, 0.1) is 24.9 Å². The number of hydrogen-bond donors (Lipinski definition) is 0. The number of hydrogen-bond acceptors (Lipinski definition) is 4. The van der Waals surface area contributed by atoms with E-state index >= 15 is 0 Å². The second-order valence-electron chi connectivity index (χ2n) is 6.71. The maximum atomic E-state index is 13.9. The second-order valence-corrected chi connectivity index (χ2v) is 6.71. The Morgan fingerprint density at radius 1 is 1.14 bits per heavy atom. The third kappa shape index (κ3) is 4.12. The first-order valence-corrected chi connectivity index (χ1v) is 9.34. The van der Waals surface area contributed by atoms with Crippen LogP contribution in [0.2, 0.25) is 0 Å². The molecule has 144 valence electrons. The van der Waals surface area contributed by atoms with Crippen molar-refractivity contribution in [2.24, 2.45) is 0 Å². The van der Waals surface area contributed by atoms with E-state index in [1.54, 1.807) is 18.2 Å². The Hall–Kier alpha value is -2.99. The van der Waals surface area contributed by atoms with Crippen LogP contribution in [0.25, 0.3) is 11.3 Å². The molecule has 1 aromatic heterocycles. The van der Waals surface area contributed by atoms with Gasteiger partial charge < -0.3 is 14.1 Å². The number of oxazole rings is 1. The summed E-state index contributed by atoms with van der Waals surface area (Å²) in [6.07, 6.45) is 2.06. The number of ether oxygens (including phenoxy) is 1. The molecule has 0 radical (unpaired) electrons. The van der Waals surface area contributed by atoms with Gasteiger partial charge in [-0.1, -0.05) is 42.5 Å². The van der Waals surface area contributed by atoms with Gasteiger partial charge in [-0.15, -0.1) is 0 Å². The highest BCUT2D eigenvalue weighted by Gasteiger charge is 2.25. The first kappa shape index (κ1) is 18.4. The Morgan fingerprint density at radius 3 is 2.75 bits per heavy atom. The summed E-state index contributed by atoms with van der Waals surface area (Å²) in [5, 5.41) is 0. The molecule has 4 rings (SSSR count). The van der Waals surface area contributed by atoms with Crippen LogP contribution in [0.15, 0.2) is 65.2 Å². The second kappa shape index (κ2) is 8.35. The smallest absolute Gasteiger partial charge is 0.223 e. The van der Waals surface area contributed by atoms with Crippen LogP contribution in [0.3, 0.4) is 0 Å². The fourth-order valence-corrected chi connectivity index (χ4v) is 3.33. The molecule has 6 heteroatoms. The molecular weight excluding hydrogens is 359 g/mol. The SMILES string of the molecule is O=C(CCc1ncc(-c2ccccc2F)o1)N1CCOC(c2ccccc2)C1. The Kier molecular flexibility index (Phi) is 5.48. The number of morpholine rings is 1. The van der Waals surface area contributed by atoms with Gasteiger partial charge in [0, 0.05) is 19.4 Å². The van der Waals surface area contributed by atoms with E-state index in [1.807, 2.05) is 35.2 Å². The van der Waals surface area contributed by atoms with Crippen molar-refractivity contribution in [3.05, 3.63) is 78.1 Å². The Labute approximate surface area is 162 Å². The topological polar surface area (TPSA) is 55.6 Å². The minimum atomic E-state index is -0.360. The van der Waals surface area contributed by atoms with Gasteiger partial charge in [-0.25, -0.2) is 9.37 Å². The highest BCUT2D eigenvalue weighted by Crippen LogP contribution is 2.25. The van der Waals surface area contributed by atoms with Crippen LogP contribution < -0.4 is 0 Å². The van der Waals surface area contributed by atoms with E-state index in [0.29, 0.717) is 49.8 Å². The first-order chi connectivity index (χ1) is 13.7. The molecule has 1 amide bonds. The Balaban J connectivity index is 1.35. The zero-order chi connectivity index (χ0) is 19.3. The van der Waals surface area contributed by atoms with E-state index in [2.05, 4.69) is 4.98 Å². The van der Waals surface area contributed by atoms with Crippen LogP contribution in [-0.4, -0.2) is 35.5 Å². The van der Waals surface area contributed by atoms with Crippen molar-refractivity contribution in [1.82, 2.24) is 9.88 Å². The summed E-state index contributed by atoms with van der Waals surface area (Å²) in [5.41, 5.74) is 1.44. The number of aryl methyl sites for hydroxylation is 1. The zero-order valence-corrected chi connectivity index (χ0v) is 15.4. The predicted octanol–water partition coefficient (Wildman–Crippen LogP) is 4.01. The third-order valence-corrected chi connectivity index (χ3v) is 4.84. The lowest BCUT2D eigenvalue weighted by atomic mass is 10.1. The number of carbonyl (C=O) groups is 1. The van der Waals surface area contributed by atoms with Gasteiger partial charge in [-0.05, 0) is 17.7 Å². The number of aromatic nitrogens is 1. The maximum absolute atomic E-state index is 13.9. The summed E-state index contributed by atoms with van der Waals surface area (Å²) in [4.78, 5) is 18.6. The van der Waals surface area contributed by atoms with Crippen molar-refractivity contribution in [3.63, 3.8) is 0 Å². The van der Waals surface area contributed by atoms with E-state index < -0.39 is 0 Å². The highest BCUT2D eigenvalue weighted by atomic mass is 19.1. The summed E-state index contributed by atoms with van der Waals surface area (Å²) in [5.74, 6) is 0.479. The third-order valence-electron chi connectivity index (χ3n) is 4.84. The molecule has 0 bridgehead atoms. The quantitative estimate of drug-likeness (QED) is 0.671. The van der Waals surface area contributed by atoms with Crippen LogP contribution >= 0.6 is 0 Å². The van der Waals surface area contributed by atoms with Gasteiger partial charge in [0.15, 0.2) is 11.7 Å². The van der Waals surface area contributed by atoms with Crippen LogP contribution in [0.4, 0.5) is 4.39 Å². The standard InChI is InChI=1S/C22H21FN2O3/c23-18-9-5-4-8-17(18)19-14-24-21(28-19)10-11-22(26)25-12-13-27-20(15-25)16-6-2-1-3-7-16/h1-9,14,20H,10-13,15H2. The van der Waals surface area contributed by atoms with Crippen molar-refractivity contribution in [2.45, 2.75) is 18.9 Å². The molecule has 1 aliphatic rings. The minimum absolute atomic E-state index is 0.0369. The van der Waals surface area contributed by atoms with E-state index in [4.69, 9.17) is 9.15 Å². The van der Waals surface area contributed by atoms with Gasteiger partial charge in [-0.3, -0.25) is 4.79 Å². The first-order valence-electron chi connectivity index (χ1n) is 9.34. The van der Waals surface area contributed by atoms with Crippen molar-refractivity contribution in [3.8, 4) is 11.3 Å². The normalized spacial score (nSPS) is 16.9. The molecule has 0 spiro atoms. The number of nitrogens with zero attached hydrogens (tertiary/aromatic N) is 2. The van der Waals surface area contributed by atoms with E-state index in [0.717, 1.165) is 5.56 Å². The summed E-state index contributed by atoms with van der Waals surface area (Å²) in [6.45, 7) is 1.63. The molecule has 5 nitrogen and oxygen atoms in total. The maximum Gasteiger partial charge on any atom is 0.223 e. The zero-order valence-electron chi connectivity index (χ0n) is 15.4. The van der Waals surface area contributed by atoms with Crippen molar-refractivity contribution < 1.29 is 18.3 Å². The molecule has 28 heavy (non-hydrogen) atoms. The highest BCUT2D eigenvalue weighted by molar-refractivity contribution is 5.76. The number of carbonyl (C=O) groups excluding carboxylic acids is 1. The van der Waals surface area contributed by atoms with E-state index in [1.165, 1.54) is 12.3 Å². The molecule has 1 saturated heterocycles. The lowest BCUT2D eigenvalue weighted by molar-refractivity contribution is -0.139. The average molecular weight is 380 g/mol. The molecule has 1 atom stereocenters. The summed E-state index contributed by atoms with van der Waals surface area (Å²) >= 11 is 0. The van der Waals surface area contributed by atoms with Crippen molar-refractivity contribution >= 4 is 5.91 Å². The summed E-state index contributed by atoms with van der Waals surface area (Å²) in [7, 11) is 0. The van der Waals surface area contributed by atoms with Gasteiger partial charge in [0.2, 0.25) is 5.91 Å². The summed E-state index contributed by atoms with van der Waals surface area (Å²) in [6, 6.07) is 16.3. The molecule has 0 aliphatic carbocycles. The molecule has 2 aromatic carbocycles. The fraction of sp³-hybridized carbons (Fsp3) is 0.273. The molecule has 1 unspecified atom stereocenters. The molecule has 2 heterocycles. The van der Waals surface area contributed by atoms with Crippen molar-refractivity contribution in [2.75, 3.05) is 19.7 Å².